The average molecular weight is 648 g/mol. The standard InChI is InChI=1S/C38H41N5O5/c1-37(26-9-7-11-28(21-26)39-33(44)24-13-17-30(18-14-24)41(3)4)35-43-32(23-46-35)47-38(2,36(43)48-37)27-10-8-12-29(22-27)40-34(45)25-15-19-31(20-16-25)42(5)6/h7-22,32,35-36H,23H2,1-6H3,(H,39,44)(H,40,45)/t32-,35-,36-,37+,38+/m0/s1. The van der Waals surface area contributed by atoms with E-state index in [9.17, 15) is 9.59 Å². The Hall–Kier alpha value is -4.74. The maximum absolute atomic E-state index is 13.1. The lowest BCUT2D eigenvalue weighted by Gasteiger charge is -2.33. The van der Waals surface area contributed by atoms with Gasteiger partial charge in [-0.05, 0) is 97.8 Å². The molecule has 4 aromatic rings. The van der Waals surface area contributed by atoms with Gasteiger partial charge in [-0.3, -0.25) is 9.59 Å². The van der Waals surface area contributed by atoms with E-state index < -0.39 is 23.7 Å². The van der Waals surface area contributed by atoms with Gasteiger partial charge in [0.15, 0.2) is 0 Å². The molecule has 2 amide bonds. The third kappa shape index (κ3) is 5.50. The van der Waals surface area contributed by atoms with Gasteiger partial charge in [0.05, 0.1) is 6.61 Å². The Morgan fingerprint density at radius 2 is 1.12 bits per heavy atom. The lowest BCUT2D eigenvalue weighted by molar-refractivity contribution is -0.138. The van der Waals surface area contributed by atoms with Gasteiger partial charge in [0.2, 0.25) is 0 Å². The topological polar surface area (TPSA) is 95.6 Å². The molecule has 0 radical (unpaired) electrons. The first-order valence-corrected chi connectivity index (χ1v) is 16.1. The zero-order valence-electron chi connectivity index (χ0n) is 28.1. The number of hydrogen-bond acceptors (Lipinski definition) is 8. The summed E-state index contributed by atoms with van der Waals surface area (Å²) in [6.45, 7) is 4.45. The molecule has 3 saturated heterocycles. The van der Waals surface area contributed by atoms with E-state index in [1.54, 1.807) is 0 Å². The van der Waals surface area contributed by atoms with E-state index in [4.69, 9.17) is 14.2 Å². The fourth-order valence-electron chi connectivity index (χ4n) is 6.86. The van der Waals surface area contributed by atoms with Crippen LogP contribution in [0.3, 0.4) is 0 Å². The molecule has 3 aliphatic heterocycles. The highest BCUT2D eigenvalue weighted by molar-refractivity contribution is 6.05. The molecule has 0 aromatic heterocycles. The van der Waals surface area contributed by atoms with Gasteiger partial charge in [-0.15, -0.1) is 0 Å². The summed E-state index contributed by atoms with van der Waals surface area (Å²) in [7, 11) is 7.86. The minimum absolute atomic E-state index is 0.189. The van der Waals surface area contributed by atoms with Gasteiger partial charge in [-0.2, -0.15) is 0 Å². The zero-order chi connectivity index (χ0) is 33.8. The maximum atomic E-state index is 13.1. The van der Waals surface area contributed by atoms with Crippen LogP contribution >= 0.6 is 0 Å². The number of ether oxygens (including phenoxy) is 3. The summed E-state index contributed by atoms with van der Waals surface area (Å²) in [5.41, 5.74) is 4.60. The molecule has 0 saturated carbocycles. The van der Waals surface area contributed by atoms with Crippen molar-refractivity contribution in [2.45, 2.75) is 43.7 Å². The van der Waals surface area contributed by atoms with Gasteiger partial charge >= 0.3 is 0 Å². The van der Waals surface area contributed by atoms with Crippen molar-refractivity contribution >= 4 is 34.6 Å². The van der Waals surface area contributed by atoms with Crippen LogP contribution in [-0.2, 0) is 25.4 Å². The van der Waals surface area contributed by atoms with E-state index in [-0.39, 0.29) is 18.0 Å². The molecular formula is C38H41N5O5. The lowest BCUT2D eigenvalue weighted by Crippen LogP contribution is -2.40. The first-order valence-electron chi connectivity index (χ1n) is 16.1. The van der Waals surface area contributed by atoms with E-state index >= 15 is 0 Å². The van der Waals surface area contributed by atoms with Crippen molar-refractivity contribution in [3.63, 3.8) is 0 Å². The largest absolute Gasteiger partial charge is 0.378 e. The third-order valence-electron chi connectivity index (χ3n) is 9.63. The molecule has 5 atom stereocenters. The molecule has 4 aromatic carbocycles. The van der Waals surface area contributed by atoms with Gasteiger partial charge in [-0.25, -0.2) is 4.90 Å². The average Bonchev–Trinajstić information content (AvgIpc) is 3.73. The molecule has 0 aliphatic carbocycles. The van der Waals surface area contributed by atoms with Gasteiger partial charge in [0, 0.05) is 62.1 Å². The van der Waals surface area contributed by atoms with Crippen molar-refractivity contribution in [3.05, 3.63) is 119 Å². The Morgan fingerprint density at radius 3 is 1.58 bits per heavy atom. The van der Waals surface area contributed by atoms with Crippen LogP contribution in [0, 0.1) is 0 Å². The first-order chi connectivity index (χ1) is 23.0. The molecular weight excluding hydrogens is 606 g/mol. The molecule has 0 unspecified atom stereocenters. The molecule has 3 heterocycles. The Balaban J connectivity index is 1.10. The molecule has 10 heteroatoms. The number of hydrogen-bond donors (Lipinski definition) is 2. The molecule has 10 nitrogen and oxygen atoms in total. The number of nitrogens with one attached hydrogen (secondary N) is 2. The monoisotopic (exact) mass is 647 g/mol. The molecule has 0 bridgehead atoms. The van der Waals surface area contributed by atoms with Crippen molar-refractivity contribution in [1.29, 1.82) is 0 Å². The van der Waals surface area contributed by atoms with Crippen LogP contribution in [0.2, 0.25) is 0 Å². The minimum Gasteiger partial charge on any atom is -0.378 e. The molecule has 48 heavy (non-hydrogen) atoms. The molecule has 7 rings (SSSR count). The van der Waals surface area contributed by atoms with Gasteiger partial charge < -0.3 is 34.6 Å². The summed E-state index contributed by atoms with van der Waals surface area (Å²) in [6, 6.07) is 30.4. The SMILES string of the molecule is CN(C)c1ccc(C(=O)Nc2cccc([C@@]3(C)O[C@H]4CO[C@@H]5N4[C@H]3O[C@]5(C)c3cccc(NC(=O)c4ccc(N(C)C)cc4)c3)c2)cc1. The summed E-state index contributed by atoms with van der Waals surface area (Å²) >= 11 is 0. The first kappa shape index (κ1) is 31.8. The van der Waals surface area contributed by atoms with E-state index in [1.807, 2.05) is 149 Å². The number of amides is 2. The minimum atomic E-state index is -0.844. The molecule has 0 spiro atoms. The predicted octanol–water partition coefficient (Wildman–Crippen LogP) is 5.82. The summed E-state index contributed by atoms with van der Waals surface area (Å²) < 4.78 is 19.9. The molecule has 3 fully saturated rings. The zero-order valence-corrected chi connectivity index (χ0v) is 28.1. The van der Waals surface area contributed by atoms with Crippen LogP contribution in [-0.4, -0.2) is 70.2 Å². The number of anilines is 4. The fourth-order valence-corrected chi connectivity index (χ4v) is 6.86. The number of rotatable bonds is 8. The lowest BCUT2D eigenvalue weighted by atomic mass is 9.93. The highest BCUT2D eigenvalue weighted by Gasteiger charge is 2.68. The number of carbonyl (C=O) groups is 2. The predicted molar refractivity (Wildman–Crippen MR) is 186 cm³/mol. The molecule has 248 valence electrons. The fraction of sp³-hybridized carbons (Fsp3) is 0.316. The van der Waals surface area contributed by atoms with Crippen molar-refractivity contribution in [2.24, 2.45) is 0 Å². The summed E-state index contributed by atoms with van der Waals surface area (Å²) in [5, 5.41) is 6.08. The van der Waals surface area contributed by atoms with Crippen molar-refractivity contribution in [3.8, 4) is 0 Å². The highest BCUT2D eigenvalue weighted by atomic mass is 16.7. The second-order valence-electron chi connectivity index (χ2n) is 13.3. The summed E-state index contributed by atoms with van der Waals surface area (Å²) in [4.78, 5) is 32.4. The van der Waals surface area contributed by atoms with Crippen LogP contribution in [0.5, 0.6) is 0 Å². The van der Waals surface area contributed by atoms with E-state index in [0.717, 1.165) is 22.5 Å². The maximum Gasteiger partial charge on any atom is 0.255 e. The second-order valence-corrected chi connectivity index (χ2v) is 13.3. The number of benzene rings is 4. The van der Waals surface area contributed by atoms with E-state index in [0.29, 0.717) is 29.1 Å². The number of carbonyl (C=O) groups excluding carboxylic acids is 2. The Kier molecular flexibility index (Phi) is 7.99. The second kappa shape index (κ2) is 12.1. The van der Waals surface area contributed by atoms with Crippen LogP contribution in [0.1, 0.15) is 45.7 Å². The van der Waals surface area contributed by atoms with Crippen LogP contribution < -0.4 is 20.4 Å². The normalized spacial score (nSPS) is 25.8. The van der Waals surface area contributed by atoms with E-state index in [1.165, 1.54) is 0 Å². The van der Waals surface area contributed by atoms with Crippen molar-refractivity contribution in [2.75, 3.05) is 55.2 Å². The smallest absolute Gasteiger partial charge is 0.255 e. The van der Waals surface area contributed by atoms with Crippen LogP contribution in [0.25, 0.3) is 0 Å². The van der Waals surface area contributed by atoms with Gasteiger partial charge in [0.25, 0.3) is 11.8 Å². The van der Waals surface area contributed by atoms with Gasteiger partial charge in [0.1, 0.15) is 29.9 Å². The quantitative estimate of drug-likeness (QED) is 0.247. The molecule has 3 aliphatic rings. The summed E-state index contributed by atoms with van der Waals surface area (Å²) in [6.07, 6.45) is -1.15. The van der Waals surface area contributed by atoms with Crippen molar-refractivity contribution < 1.29 is 23.8 Å². The highest BCUT2D eigenvalue weighted by Crippen LogP contribution is 2.56. The Morgan fingerprint density at radius 1 is 0.667 bits per heavy atom. The van der Waals surface area contributed by atoms with Crippen LogP contribution in [0.15, 0.2) is 97.1 Å². The Labute approximate surface area is 281 Å². The van der Waals surface area contributed by atoms with Crippen LogP contribution in [0.4, 0.5) is 22.7 Å². The third-order valence-corrected chi connectivity index (χ3v) is 9.63. The molecule has 2 N–H and O–H groups in total. The summed E-state index contributed by atoms with van der Waals surface area (Å²) in [5.74, 6) is -0.377. The van der Waals surface area contributed by atoms with E-state index in [2.05, 4.69) is 15.5 Å². The Bertz CT molecular complexity index is 1740. The van der Waals surface area contributed by atoms with Gasteiger partial charge in [-0.1, -0.05) is 24.3 Å². The van der Waals surface area contributed by atoms with Crippen molar-refractivity contribution in [1.82, 2.24) is 4.90 Å². The number of nitrogens with zero attached hydrogens (tertiary/aromatic N) is 3.